The van der Waals surface area contributed by atoms with Crippen molar-refractivity contribution in [3.8, 4) is 5.75 Å². The van der Waals surface area contributed by atoms with Gasteiger partial charge in [0.25, 0.3) is 5.91 Å². The van der Waals surface area contributed by atoms with Gasteiger partial charge in [0.2, 0.25) is 0 Å². The first-order chi connectivity index (χ1) is 14.7. The Hall–Kier alpha value is -3.41. The molecule has 2 aromatic carbocycles. The van der Waals surface area contributed by atoms with E-state index in [0.717, 1.165) is 54.3 Å². The lowest BCUT2D eigenvalue weighted by Gasteiger charge is -2.15. The Kier molecular flexibility index (Phi) is 5.93. The van der Waals surface area contributed by atoms with Crippen LogP contribution >= 0.6 is 0 Å². The number of aryl methyl sites for hydroxylation is 1. The largest absolute Gasteiger partial charge is 0.497 e. The van der Waals surface area contributed by atoms with Gasteiger partial charge in [0.15, 0.2) is 6.61 Å². The number of benzene rings is 2. The molecule has 1 amide bonds. The van der Waals surface area contributed by atoms with E-state index < -0.39 is 11.9 Å². The van der Waals surface area contributed by atoms with Gasteiger partial charge in [-0.1, -0.05) is 24.6 Å². The summed E-state index contributed by atoms with van der Waals surface area (Å²) in [5.41, 5.74) is 3.88. The molecule has 4 rings (SSSR count). The molecule has 6 nitrogen and oxygen atoms in total. The number of para-hydroxylation sites is 1. The quantitative estimate of drug-likeness (QED) is 0.507. The molecule has 0 saturated heterocycles. The highest BCUT2D eigenvalue weighted by Gasteiger charge is 2.23. The second kappa shape index (κ2) is 8.95. The number of anilines is 1. The van der Waals surface area contributed by atoms with Gasteiger partial charge in [-0.2, -0.15) is 0 Å². The van der Waals surface area contributed by atoms with E-state index in [1.807, 2.05) is 24.3 Å². The van der Waals surface area contributed by atoms with Crippen molar-refractivity contribution in [3.63, 3.8) is 0 Å². The number of carbonyl (C=O) groups is 2. The molecule has 154 valence electrons. The van der Waals surface area contributed by atoms with Gasteiger partial charge in [0.05, 0.1) is 18.2 Å². The lowest BCUT2D eigenvalue weighted by atomic mass is 9.97. The molecule has 0 bridgehead atoms. The Morgan fingerprint density at radius 2 is 1.77 bits per heavy atom. The van der Waals surface area contributed by atoms with E-state index in [9.17, 15) is 9.59 Å². The molecule has 0 aliphatic heterocycles. The van der Waals surface area contributed by atoms with E-state index in [-0.39, 0.29) is 6.61 Å². The third kappa shape index (κ3) is 4.27. The Morgan fingerprint density at radius 1 is 1.00 bits per heavy atom. The fourth-order valence-electron chi connectivity index (χ4n) is 3.86. The van der Waals surface area contributed by atoms with Gasteiger partial charge in [-0.3, -0.25) is 9.78 Å². The number of carbonyl (C=O) groups excluding carboxylic acids is 2. The fourth-order valence-corrected chi connectivity index (χ4v) is 3.86. The highest BCUT2D eigenvalue weighted by molar-refractivity contribution is 6.06. The topological polar surface area (TPSA) is 77.5 Å². The number of rotatable bonds is 5. The number of pyridine rings is 1. The monoisotopic (exact) mass is 404 g/mol. The average Bonchev–Trinajstić information content (AvgIpc) is 3.01. The van der Waals surface area contributed by atoms with Crippen molar-refractivity contribution in [1.82, 2.24) is 4.98 Å². The molecule has 0 spiro atoms. The third-order valence-electron chi connectivity index (χ3n) is 5.33. The second-order valence-electron chi connectivity index (χ2n) is 7.34. The highest BCUT2D eigenvalue weighted by Crippen LogP contribution is 2.29. The molecule has 0 unspecified atom stereocenters. The van der Waals surface area contributed by atoms with Crippen molar-refractivity contribution in [1.29, 1.82) is 0 Å². The normalized spacial score (nSPS) is 13.2. The Labute approximate surface area is 175 Å². The molecular weight excluding hydrogens is 380 g/mol. The van der Waals surface area contributed by atoms with Gasteiger partial charge in [0.1, 0.15) is 5.75 Å². The maximum Gasteiger partial charge on any atom is 0.339 e. The Balaban J connectivity index is 1.52. The maximum absolute atomic E-state index is 13.0. The lowest BCUT2D eigenvalue weighted by Crippen LogP contribution is -2.22. The summed E-state index contributed by atoms with van der Waals surface area (Å²) in [6.07, 6.45) is 4.86. The minimum Gasteiger partial charge on any atom is -0.497 e. The summed E-state index contributed by atoms with van der Waals surface area (Å²) in [4.78, 5) is 30.1. The number of amides is 1. The number of methoxy groups -OCH3 is 1. The van der Waals surface area contributed by atoms with Crippen molar-refractivity contribution in [2.45, 2.75) is 32.1 Å². The van der Waals surface area contributed by atoms with E-state index in [1.54, 1.807) is 31.4 Å². The van der Waals surface area contributed by atoms with Crippen LogP contribution in [-0.2, 0) is 22.4 Å². The first kappa shape index (κ1) is 19.9. The van der Waals surface area contributed by atoms with E-state index in [2.05, 4.69) is 5.32 Å². The van der Waals surface area contributed by atoms with Gasteiger partial charge in [-0.25, -0.2) is 4.79 Å². The van der Waals surface area contributed by atoms with Crippen molar-refractivity contribution in [2.75, 3.05) is 19.0 Å². The molecule has 1 aromatic heterocycles. The van der Waals surface area contributed by atoms with E-state index in [1.165, 1.54) is 0 Å². The highest BCUT2D eigenvalue weighted by atomic mass is 16.5. The molecule has 1 N–H and O–H groups in total. The average molecular weight is 404 g/mol. The summed E-state index contributed by atoms with van der Waals surface area (Å²) in [6, 6.07) is 14.6. The summed E-state index contributed by atoms with van der Waals surface area (Å²) >= 11 is 0. The zero-order valence-electron chi connectivity index (χ0n) is 16.9. The van der Waals surface area contributed by atoms with Gasteiger partial charge >= 0.3 is 5.97 Å². The molecule has 1 aliphatic carbocycles. The number of nitrogens with zero attached hydrogens (tertiary/aromatic N) is 1. The molecular formula is C24H24N2O4. The number of hydrogen-bond donors (Lipinski definition) is 1. The SMILES string of the molecule is COc1ccc(NC(=O)COC(=O)c2c3c(nc4ccccc24)CCCCC3)cc1. The number of aromatic nitrogens is 1. The summed E-state index contributed by atoms with van der Waals surface area (Å²) in [5, 5.41) is 3.50. The molecule has 0 atom stereocenters. The molecule has 6 heteroatoms. The summed E-state index contributed by atoms with van der Waals surface area (Å²) in [5.74, 6) is -0.167. The molecule has 1 aliphatic rings. The minimum atomic E-state index is -0.475. The zero-order valence-corrected chi connectivity index (χ0v) is 16.9. The number of nitrogens with one attached hydrogen (secondary N) is 1. The first-order valence-corrected chi connectivity index (χ1v) is 10.2. The maximum atomic E-state index is 13.0. The summed E-state index contributed by atoms with van der Waals surface area (Å²) < 4.78 is 10.5. The predicted molar refractivity (Wildman–Crippen MR) is 115 cm³/mol. The smallest absolute Gasteiger partial charge is 0.339 e. The fraction of sp³-hybridized carbons (Fsp3) is 0.292. The molecule has 0 radical (unpaired) electrons. The third-order valence-corrected chi connectivity index (χ3v) is 5.33. The van der Waals surface area contributed by atoms with E-state index >= 15 is 0 Å². The van der Waals surface area contributed by atoms with Gasteiger partial charge < -0.3 is 14.8 Å². The van der Waals surface area contributed by atoms with Crippen molar-refractivity contribution >= 4 is 28.5 Å². The van der Waals surface area contributed by atoms with Crippen LogP contribution in [0.1, 0.15) is 40.9 Å². The van der Waals surface area contributed by atoms with Crippen molar-refractivity contribution < 1.29 is 19.1 Å². The van der Waals surface area contributed by atoms with Crippen LogP contribution in [0.15, 0.2) is 48.5 Å². The molecule has 0 saturated carbocycles. The van der Waals surface area contributed by atoms with Crippen LogP contribution < -0.4 is 10.1 Å². The Morgan fingerprint density at radius 3 is 2.57 bits per heavy atom. The van der Waals surface area contributed by atoms with Crippen LogP contribution in [-0.4, -0.2) is 30.6 Å². The van der Waals surface area contributed by atoms with Crippen LogP contribution in [0.25, 0.3) is 10.9 Å². The van der Waals surface area contributed by atoms with E-state index in [0.29, 0.717) is 17.0 Å². The molecule has 3 aromatic rings. The predicted octanol–water partition coefficient (Wildman–Crippen LogP) is 4.31. The molecule has 0 fully saturated rings. The zero-order chi connectivity index (χ0) is 20.9. The Bertz CT molecular complexity index is 1080. The van der Waals surface area contributed by atoms with Crippen molar-refractivity contribution in [3.05, 3.63) is 65.4 Å². The van der Waals surface area contributed by atoms with Crippen LogP contribution in [0.5, 0.6) is 5.75 Å². The molecule has 30 heavy (non-hydrogen) atoms. The van der Waals surface area contributed by atoms with Crippen LogP contribution in [0, 0.1) is 0 Å². The standard InChI is InChI=1S/C24H24N2O4/c1-29-17-13-11-16(12-14-17)25-22(27)15-30-24(28)23-18-7-3-2-4-9-20(18)26-21-10-6-5-8-19(21)23/h5-6,8,10-14H,2-4,7,9,15H2,1H3,(H,25,27). The lowest BCUT2D eigenvalue weighted by molar-refractivity contribution is -0.119. The minimum absolute atomic E-state index is 0.351. The molecule has 1 heterocycles. The number of ether oxygens (including phenoxy) is 2. The summed E-state index contributed by atoms with van der Waals surface area (Å²) in [6.45, 7) is -0.351. The number of esters is 1. The summed E-state index contributed by atoms with van der Waals surface area (Å²) in [7, 11) is 1.58. The van der Waals surface area contributed by atoms with E-state index in [4.69, 9.17) is 14.5 Å². The van der Waals surface area contributed by atoms with Crippen LogP contribution in [0.4, 0.5) is 5.69 Å². The van der Waals surface area contributed by atoms with Gasteiger partial charge in [0, 0.05) is 16.8 Å². The first-order valence-electron chi connectivity index (χ1n) is 10.2. The number of fused-ring (bicyclic) bond motifs is 2. The van der Waals surface area contributed by atoms with Gasteiger partial charge in [-0.05, 0) is 61.6 Å². The van der Waals surface area contributed by atoms with Gasteiger partial charge in [-0.15, -0.1) is 0 Å². The second-order valence-corrected chi connectivity index (χ2v) is 7.34. The van der Waals surface area contributed by atoms with Crippen LogP contribution in [0.3, 0.4) is 0 Å². The van der Waals surface area contributed by atoms with Crippen molar-refractivity contribution in [2.24, 2.45) is 0 Å². The number of hydrogen-bond acceptors (Lipinski definition) is 5. The van der Waals surface area contributed by atoms with Crippen LogP contribution in [0.2, 0.25) is 0 Å².